The second-order valence-corrected chi connectivity index (χ2v) is 7.36. The van der Waals surface area contributed by atoms with Gasteiger partial charge in [0.1, 0.15) is 6.54 Å². The summed E-state index contributed by atoms with van der Waals surface area (Å²) in [4.78, 5) is 40.4. The molecule has 3 amide bonds. The molecule has 1 N–H and O–H groups in total. The first-order valence-electron chi connectivity index (χ1n) is 9.39. The van der Waals surface area contributed by atoms with Gasteiger partial charge < -0.3 is 10.2 Å². The molecule has 1 saturated carbocycles. The van der Waals surface area contributed by atoms with Gasteiger partial charge in [-0.15, -0.1) is 0 Å². The van der Waals surface area contributed by atoms with Gasteiger partial charge in [-0.25, -0.2) is 0 Å². The zero-order valence-electron chi connectivity index (χ0n) is 15.5. The Labute approximate surface area is 154 Å². The lowest BCUT2D eigenvalue weighted by Crippen LogP contribution is -2.45. The van der Waals surface area contributed by atoms with E-state index in [2.05, 4.69) is 10.2 Å². The van der Waals surface area contributed by atoms with Crippen LogP contribution in [0, 0.1) is 11.8 Å². The molecule has 0 bridgehead atoms. The van der Waals surface area contributed by atoms with Crippen molar-refractivity contribution in [2.24, 2.45) is 11.8 Å². The highest BCUT2D eigenvalue weighted by Gasteiger charge is 2.48. The van der Waals surface area contributed by atoms with Crippen molar-refractivity contribution in [3.8, 4) is 0 Å². The van der Waals surface area contributed by atoms with Crippen molar-refractivity contribution in [1.29, 1.82) is 0 Å². The monoisotopic (exact) mass is 357 g/mol. The summed E-state index contributed by atoms with van der Waals surface area (Å²) in [6.07, 6.45) is 3.52. The quantitative estimate of drug-likeness (QED) is 0.788. The normalized spacial score (nSPS) is 23.5. The van der Waals surface area contributed by atoms with Gasteiger partial charge in [-0.1, -0.05) is 31.0 Å². The molecule has 6 nitrogen and oxygen atoms in total. The minimum atomic E-state index is -0.279. The fourth-order valence-corrected chi connectivity index (χ4v) is 3.90. The fourth-order valence-electron chi connectivity index (χ4n) is 3.90. The third-order valence-corrected chi connectivity index (χ3v) is 5.65. The van der Waals surface area contributed by atoms with E-state index in [4.69, 9.17) is 0 Å². The molecule has 3 rings (SSSR count). The van der Waals surface area contributed by atoms with Crippen LogP contribution < -0.4 is 10.2 Å². The van der Waals surface area contributed by atoms with E-state index in [1.54, 1.807) is 0 Å². The molecule has 1 heterocycles. The van der Waals surface area contributed by atoms with Crippen molar-refractivity contribution in [2.45, 2.75) is 38.6 Å². The summed E-state index contributed by atoms with van der Waals surface area (Å²) in [5.41, 5.74) is 1.07. The molecule has 1 saturated heterocycles. The number of anilines is 1. The Bertz CT molecular complexity index is 652. The second-order valence-electron chi connectivity index (χ2n) is 7.36. The first-order valence-corrected chi connectivity index (χ1v) is 9.39. The van der Waals surface area contributed by atoms with Gasteiger partial charge >= 0.3 is 0 Å². The average Bonchev–Trinajstić information content (AvgIpc) is 2.91. The Morgan fingerprint density at radius 2 is 1.73 bits per heavy atom. The maximum atomic E-state index is 12.4. The van der Waals surface area contributed by atoms with Crippen LogP contribution in [-0.2, 0) is 14.4 Å². The number of likely N-dealkylation sites (N-methyl/N-ethyl adjacent to an activating group) is 1. The number of imide groups is 1. The van der Waals surface area contributed by atoms with Crippen LogP contribution in [0.15, 0.2) is 30.3 Å². The lowest BCUT2D eigenvalue weighted by atomic mass is 9.81. The Hall–Kier alpha value is -2.37. The molecule has 1 aromatic rings. The SMILES string of the molecule is CC(CNC(=O)CN1C(=O)C2CCCCC2C1=O)N(C)c1ccccc1. The van der Waals surface area contributed by atoms with Gasteiger partial charge in [-0.05, 0) is 31.9 Å². The van der Waals surface area contributed by atoms with E-state index in [-0.39, 0.29) is 42.1 Å². The molecule has 26 heavy (non-hydrogen) atoms. The number of nitrogens with zero attached hydrogens (tertiary/aromatic N) is 2. The minimum absolute atomic E-state index is 0.0916. The smallest absolute Gasteiger partial charge is 0.240 e. The average molecular weight is 357 g/mol. The molecule has 6 heteroatoms. The fraction of sp³-hybridized carbons (Fsp3) is 0.550. The number of nitrogens with one attached hydrogen (secondary N) is 1. The van der Waals surface area contributed by atoms with Crippen molar-refractivity contribution in [3.05, 3.63) is 30.3 Å². The van der Waals surface area contributed by atoms with Crippen LogP contribution in [0.2, 0.25) is 0 Å². The van der Waals surface area contributed by atoms with Gasteiger partial charge in [0.05, 0.1) is 11.8 Å². The molecule has 0 radical (unpaired) electrons. The number of likely N-dealkylation sites (tertiary alicyclic amines) is 1. The molecule has 2 fully saturated rings. The number of fused-ring (bicyclic) bond motifs is 1. The number of hydrogen-bond donors (Lipinski definition) is 1. The van der Waals surface area contributed by atoms with Gasteiger partial charge in [-0.2, -0.15) is 0 Å². The van der Waals surface area contributed by atoms with Gasteiger partial charge in [0.15, 0.2) is 0 Å². The van der Waals surface area contributed by atoms with Crippen molar-refractivity contribution in [2.75, 3.05) is 25.0 Å². The second kappa shape index (κ2) is 7.89. The van der Waals surface area contributed by atoms with Gasteiger partial charge in [-0.3, -0.25) is 19.3 Å². The lowest BCUT2D eigenvalue weighted by molar-refractivity contribution is -0.143. The molecule has 140 valence electrons. The standard InChI is InChI=1S/C20H27N3O3/c1-14(22(2)15-8-4-3-5-9-15)12-21-18(24)13-23-19(25)16-10-6-7-11-17(16)20(23)26/h3-5,8-9,14,16-17H,6-7,10-13H2,1-2H3,(H,21,24). The summed E-state index contributed by atoms with van der Waals surface area (Å²) in [6.45, 7) is 2.31. The van der Waals surface area contributed by atoms with Crippen molar-refractivity contribution >= 4 is 23.4 Å². The van der Waals surface area contributed by atoms with E-state index >= 15 is 0 Å². The van der Waals surface area contributed by atoms with Crippen LogP contribution in [0.4, 0.5) is 5.69 Å². The van der Waals surface area contributed by atoms with Crippen molar-refractivity contribution in [1.82, 2.24) is 10.2 Å². The number of rotatable bonds is 6. The predicted octanol–water partition coefficient (Wildman–Crippen LogP) is 1.80. The molecule has 0 aromatic heterocycles. The predicted molar refractivity (Wildman–Crippen MR) is 99.5 cm³/mol. The van der Waals surface area contributed by atoms with Crippen molar-refractivity contribution < 1.29 is 14.4 Å². The maximum absolute atomic E-state index is 12.4. The molecule has 0 spiro atoms. The number of benzene rings is 1. The molecule has 1 aliphatic heterocycles. The van der Waals surface area contributed by atoms with Crippen LogP contribution in [0.5, 0.6) is 0 Å². The van der Waals surface area contributed by atoms with Gasteiger partial charge in [0.2, 0.25) is 17.7 Å². The van der Waals surface area contributed by atoms with Crippen LogP contribution in [0.1, 0.15) is 32.6 Å². The van der Waals surface area contributed by atoms with Gasteiger partial charge in [0, 0.05) is 25.3 Å². The Balaban J connectivity index is 1.51. The summed E-state index contributed by atoms with van der Waals surface area (Å²) in [7, 11) is 1.98. The first-order chi connectivity index (χ1) is 12.5. The minimum Gasteiger partial charge on any atom is -0.370 e. The molecular formula is C20H27N3O3. The third kappa shape index (κ3) is 3.74. The number of para-hydroxylation sites is 1. The summed E-state index contributed by atoms with van der Waals surface area (Å²) < 4.78 is 0. The maximum Gasteiger partial charge on any atom is 0.240 e. The lowest BCUT2D eigenvalue weighted by Gasteiger charge is -2.27. The highest BCUT2D eigenvalue weighted by Crippen LogP contribution is 2.37. The molecule has 3 atom stereocenters. The number of amides is 3. The van der Waals surface area contributed by atoms with Crippen LogP contribution in [0.3, 0.4) is 0 Å². The van der Waals surface area contributed by atoms with E-state index in [9.17, 15) is 14.4 Å². The summed E-state index contributed by atoms with van der Waals surface area (Å²) in [5, 5.41) is 2.86. The Morgan fingerprint density at radius 1 is 1.15 bits per heavy atom. The Kier molecular flexibility index (Phi) is 5.59. The topological polar surface area (TPSA) is 69.7 Å². The largest absolute Gasteiger partial charge is 0.370 e. The van der Waals surface area contributed by atoms with Crippen LogP contribution >= 0.6 is 0 Å². The zero-order chi connectivity index (χ0) is 18.7. The van der Waals surface area contributed by atoms with Crippen molar-refractivity contribution in [3.63, 3.8) is 0 Å². The van der Waals surface area contributed by atoms with E-state index in [0.29, 0.717) is 6.54 Å². The Morgan fingerprint density at radius 3 is 2.31 bits per heavy atom. The number of carbonyl (C=O) groups is 3. The summed E-state index contributed by atoms with van der Waals surface area (Å²) in [6, 6.07) is 10.0. The molecule has 1 aromatic carbocycles. The number of hydrogen-bond acceptors (Lipinski definition) is 4. The molecule has 2 aliphatic rings. The summed E-state index contributed by atoms with van der Waals surface area (Å²) >= 11 is 0. The van der Waals surface area contributed by atoms with E-state index in [0.717, 1.165) is 31.4 Å². The van der Waals surface area contributed by atoms with E-state index in [1.807, 2.05) is 44.3 Å². The zero-order valence-corrected chi connectivity index (χ0v) is 15.5. The van der Waals surface area contributed by atoms with E-state index in [1.165, 1.54) is 4.90 Å². The molecular weight excluding hydrogens is 330 g/mol. The van der Waals surface area contributed by atoms with E-state index < -0.39 is 0 Å². The third-order valence-electron chi connectivity index (χ3n) is 5.65. The van der Waals surface area contributed by atoms with Gasteiger partial charge in [0.25, 0.3) is 0 Å². The number of carbonyl (C=O) groups excluding carboxylic acids is 3. The van der Waals surface area contributed by atoms with Crippen LogP contribution in [-0.4, -0.2) is 48.8 Å². The molecule has 1 aliphatic carbocycles. The highest BCUT2D eigenvalue weighted by atomic mass is 16.2. The summed E-state index contributed by atoms with van der Waals surface area (Å²) in [5.74, 6) is -1.01. The first kappa shape index (κ1) is 18.4. The molecule has 3 unspecified atom stereocenters. The van der Waals surface area contributed by atoms with Crippen LogP contribution in [0.25, 0.3) is 0 Å². The highest BCUT2D eigenvalue weighted by molar-refractivity contribution is 6.07.